The molecule has 1 aromatic carbocycles. The van der Waals surface area contributed by atoms with Crippen molar-refractivity contribution in [1.82, 2.24) is 4.98 Å². The van der Waals surface area contributed by atoms with Gasteiger partial charge in [0.25, 0.3) is 0 Å². The van der Waals surface area contributed by atoms with Gasteiger partial charge in [-0.05, 0) is 37.3 Å². The Bertz CT molecular complexity index is 837. The Morgan fingerprint density at radius 2 is 1.87 bits per heavy atom. The van der Waals surface area contributed by atoms with Crippen LogP contribution < -0.4 is 5.32 Å². The van der Waals surface area contributed by atoms with Crippen LogP contribution in [0, 0.1) is 18.6 Å². The van der Waals surface area contributed by atoms with Gasteiger partial charge in [0.05, 0.1) is 11.8 Å². The van der Waals surface area contributed by atoms with Crippen LogP contribution in [0.15, 0.2) is 53.3 Å². The molecule has 0 amide bonds. The van der Waals surface area contributed by atoms with Gasteiger partial charge in [0.15, 0.2) is 5.78 Å². The first kappa shape index (κ1) is 14.9. The van der Waals surface area contributed by atoms with Crippen LogP contribution in [0.5, 0.6) is 0 Å². The molecular formula is C17H12F2N2O2. The van der Waals surface area contributed by atoms with Crippen molar-refractivity contribution in [3.8, 4) is 0 Å². The number of halogens is 2. The van der Waals surface area contributed by atoms with Crippen LogP contribution in [0.2, 0.25) is 0 Å². The lowest BCUT2D eigenvalue weighted by Crippen LogP contribution is -2.04. The number of nitrogens with one attached hydrogen (secondary N) is 1. The van der Waals surface area contributed by atoms with Gasteiger partial charge in [-0.25, -0.2) is 13.8 Å². The van der Waals surface area contributed by atoms with E-state index in [1.54, 1.807) is 13.0 Å². The molecule has 0 saturated heterocycles. The highest BCUT2D eigenvalue weighted by atomic mass is 19.1. The van der Waals surface area contributed by atoms with Gasteiger partial charge in [-0.15, -0.1) is 0 Å². The molecule has 0 saturated carbocycles. The maximum Gasteiger partial charge on any atom is 0.198 e. The van der Waals surface area contributed by atoms with E-state index in [-0.39, 0.29) is 17.3 Å². The summed E-state index contributed by atoms with van der Waals surface area (Å²) in [5.74, 6) is -0.922. The Hall–Kier alpha value is -3.02. The van der Waals surface area contributed by atoms with E-state index in [0.29, 0.717) is 16.9 Å². The fourth-order valence-electron chi connectivity index (χ4n) is 2.12. The van der Waals surface area contributed by atoms with E-state index < -0.39 is 11.6 Å². The summed E-state index contributed by atoms with van der Waals surface area (Å²) in [6, 6.07) is 8.16. The Morgan fingerprint density at radius 3 is 2.43 bits per heavy atom. The fourth-order valence-corrected chi connectivity index (χ4v) is 2.12. The lowest BCUT2D eigenvalue weighted by molar-refractivity contribution is 0.103. The standard InChI is InChI=1S/C17H12F2N2O2/c1-10-12(7-8-23-10)17(22)11-5-6-15(20-9-11)21-16-13(18)3-2-4-14(16)19/h2-9H,1H3,(H,20,21). The van der Waals surface area contributed by atoms with Crippen molar-refractivity contribution in [2.75, 3.05) is 5.32 Å². The molecule has 0 atom stereocenters. The van der Waals surface area contributed by atoms with Crippen LogP contribution in [0.4, 0.5) is 20.3 Å². The van der Waals surface area contributed by atoms with Crippen LogP contribution >= 0.6 is 0 Å². The first-order valence-corrected chi connectivity index (χ1v) is 6.82. The van der Waals surface area contributed by atoms with Gasteiger partial charge in [0.2, 0.25) is 0 Å². The number of benzene rings is 1. The molecule has 4 nitrogen and oxygen atoms in total. The second-order valence-electron chi connectivity index (χ2n) is 4.87. The molecule has 0 bridgehead atoms. The number of aromatic nitrogens is 1. The van der Waals surface area contributed by atoms with E-state index in [1.807, 2.05) is 0 Å². The van der Waals surface area contributed by atoms with Crippen molar-refractivity contribution in [1.29, 1.82) is 0 Å². The molecule has 6 heteroatoms. The number of hydrogen-bond acceptors (Lipinski definition) is 4. The zero-order chi connectivity index (χ0) is 16.4. The first-order chi connectivity index (χ1) is 11.1. The average molecular weight is 314 g/mol. The number of nitrogens with zero attached hydrogens (tertiary/aromatic N) is 1. The fraction of sp³-hybridized carbons (Fsp3) is 0.0588. The molecule has 2 heterocycles. The van der Waals surface area contributed by atoms with Gasteiger partial charge in [-0.2, -0.15) is 0 Å². The van der Waals surface area contributed by atoms with Crippen LogP contribution in [-0.4, -0.2) is 10.8 Å². The molecule has 0 fully saturated rings. The predicted octanol–water partition coefficient (Wildman–Crippen LogP) is 4.24. The Balaban J connectivity index is 1.83. The van der Waals surface area contributed by atoms with Crippen molar-refractivity contribution >= 4 is 17.3 Å². The molecule has 116 valence electrons. The van der Waals surface area contributed by atoms with Crippen LogP contribution in [-0.2, 0) is 0 Å². The van der Waals surface area contributed by atoms with Crippen molar-refractivity contribution in [3.05, 3.63) is 77.4 Å². The number of aryl methyl sites for hydroxylation is 1. The molecule has 0 spiro atoms. The molecule has 0 aliphatic carbocycles. The van der Waals surface area contributed by atoms with E-state index in [0.717, 1.165) is 12.1 Å². The lowest BCUT2D eigenvalue weighted by Gasteiger charge is -2.08. The number of furan rings is 1. The number of hydrogen-bond donors (Lipinski definition) is 1. The van der Waals surface area contributed by atoms with Crippen LogP contribution in [0.3, 0.4) is 0 Å². The minimum absolute atomic E-state index is 0.229. The topological polar surface area (TPSA) is 55.1 Å². The molecule has 3 rings (SSSR count). The van der Waals surface area contributed by atoms with Gasteiger partial charge >= 0.3 is 0 Å². The molecule has 0 aliphatic heterocycles. The molecule has 1 N–H and O–H groups in total. The van der Waals surface area contributed by atoms with Crippen molar-refractivity contribution in [2.24, 2.45) is 0 Å². The average Bonchev–Trinajstić information content (AvgIpc) is 2.97. The number of ketones is 1. The summed E-state index contributed by atoms with van der Waals surface area (Å²) in [6.07, 6.45) is 2.78. The maximum atomic E-state index is 13.6. The number of rotatable bonds is 4. The van der Waals surface area contributed by atoms with E-state index in [9.17, 15) is 13.6 Å². The molecule has 0 radical (unpaired) electrons. The molecule has 0 aliphatic rings. The van der Waals surface area contributed by atoms with E-state index in [2.05, 4.69) is 10.3 Å². The smallest absolute Gasteiger partial charge is 0.198 e. The van der Waals surface area contributed by atoms with Gasteiger partial charge in [-0.1, -0.05) is 6.07 Å². The Labute approximate surface area is 130 Å². The SMILES string of the molecule is Cc1occc1C(=O)c1ccc(Nc2c(F)cccc2F)nc1. The zero-order valence-electron chi connectivity index (χ0n) is 12.1. The van der Waals surface area contributed by atoms with E-state index >= 15 is 0 Å². The lowest BCUT2D eigenvalue weighted by atomic mass is 10.1. The zero-order valence-corrected chi connectivity index (χ0v) is 12.1. The first-order valence-electron chi connectivity index (χ1n) is 6.82. The third kappa shape index (κ3) is 2.96. The largest absolute Gasteiger partial charge is 0.469 e. The van der Waals surface area contributed by atoms with E-state index in [1.165, 1.54) is 30.7 Å². The second kappa shape index (κ2) is 6.00. The van der Waals surface area contributed by atoms with Crippen LogP contribution in [0.25, 0.3) is 0 Å². The van der Waals surface area contributed by atoms with Crippen molar-refractivity contribution in [3.63, 3.8) is 0 Å². The highest BCUT2D eigenvalue weighted by Gasteiger charge is 2.15. The number of pyridine rings is 1. The van der Waals surface area contributed by atoms with Crippen molar-refractivity contribution in [2.45, 2.75) is 6.92 Å². The molecule has 2 aromatic heterocycles. The normalized spacial score (nSPS) is 10.6. The number of anilines is 2. The maximum absolute atomic E-state index is 13.6. The summed E-state index contributed by atoms with van der Waals surface area (Å²) >= 11 is 0. The molecular weight excluding hydrogens is 302 g/mol. The number of carbonyl (C=O) groups is 1. The minimum atomic E-state index is -0.721. The van der Waals surface area contributed by atoms with Gasteiger partial charge in [0.1, 0.15) is 28.9 Å². The molecule has 0 unspecified atom stereocenters. The Kier molecular flexibility index (Phi) is 3.89. The second-order valence-corrected chi connectivity index (χ2v) is 4.87. The van der Waals surface area contributed by atoms with Gasteiger partial charge in [-0.3, -0.25) is 4.79 Å². The summed E-state index contributed by atoms with van der Waals surface area (Å²) in [7, 11) is 0. The Morgan fingerprint density at radius 1 is 1.13 bits per heavy atom. The quantitative estimate of drug-likeness (QED) is 0.732. The summed E-state index contributed by atoms with van der Waals surface area (Å²) in [6.45, 7) is 1.69. The van der Waals surface area contributed by atoms with Crippen LogP contribution in [0.1, 0.15) is 21.7 Å². The highest BCUT2D eigenvalue weighted by Crippen LogP contribution is 2.22. The third-order valence-corrected chi connectivity index (χ3v) is 3.34. The summed E-state index contributed by atoms with van der Waals surface area (Å²) < 4.78 is 32.3. The molecule has 23 heavy (non-hydrogen) atoms. The molecule has 3 aromatic rings. The predicted molar refractivity (Wildman–Crippen MR) is 80.8 cm³/mol. The minimum Gasteiger partial charge on any atom is -0.469 e. The van der Waals surface area contributed by atoms with Crippen molar-refractivity contribution < 1.29 is 18.0 Å². The highest BCUT2D eigenvalue weighted by molar-refractivity contribution is 6.09. The van der Waals surface area contributed by atoms with E-state index in [4.69, 9.17) is 4.42 Å². The summed E-state index contributed by atoms with van der Waals surface area (Å²) in [5.41, 5.74) is 0.520. The van der Waals surface area contributed by atoms with Gasteiger partial charge in [0, 0.05) is 11.8 Å². The summed E-state index contributed by atoms with van der Waals surface area (Å²) in [5, 5.41) is 2.56. The van der Waals surface area contributed by atoms with Gasteiger partial charge < -0.3 is 9.73 Å². The third-order valence-electron chi connectivity index (χ3n) is 3.34. The number of para-hydroxylation sites is 1. The summed E-state index contributed by atoms with van der Waals surface area (Å²) in [4.78, 5) is 16.3. The monoisotopic (exact) mass is 314 g/mol. The number of carbonyl (C=O) groups excluding carboxylic acids is 1.